The highest BCUT2D eigenvalue weighted by Crippen LogP contribution is 2.28. The SMILES string of the molecule is Cc1nc(C)n(C2CCCN(C(=O)COCC3CC3)C2)n1. The van der Waals surface area contributed by atoms with E-state index in [2.05, 4.69) is 10.1 Å². The van der Waals surface area contributed by atoms with Gasteiger partial charge in [0.2, 0.25) is 5.91 Å². The summed E-state index contributed by atoms with van der Waals surface area (Å²) in [6.45, 7) is 6.38. The summed E-state index contributed by atoms with van der Waals surface area (Å²) >= 11 is 0. The average molecular weight is 292 g/mol. The first-order valence-corrected chi connectivity index (χ1v) is 7.88. The number of piperidine rings is 1. The molecule has 1 saturated heterocycles. The maximum Gasteiger partial charge on any atom is 0.248 e. The molecule has 2 heterocycles. The molecule has 1 aliphatic heterocycles. The number of ether oxygens (including phenoxy) is 1. The van der Waals surface area contributed by atoms with E-state index in [1.165, 1.54) is 12.8 Å². The van der Waals surface area contributed by atoms with Crippen LogP contribution >= 0.6 is 0 Å². The molecule has 2 fully saturated rings. The van der Waals surface area contributed by atoms with Gasteiger partial charge >= 0.3 is 0 Å². The minimum absolute atomic E-state index is 0.106. The Morgan fingerprint density at radius 1 is 1.33 bits per heavy atom. The van der Waals surface area contributed by atoms with Gasteiger partial charge in [0.25, 0.3) is 0 Å². The van der Waals surface area contributed by atoms with Crippen molar-refractivity contribution in [1.82, 2.24) is 19.7 Å². The Morgan fingerprint density at radius 2 is 2.14 bits per heavy atom. The van der Waals surface area contributed by atoms with E-state index >= 15 is 0 Å². The molecule has 6 heteroatoms. The molecule has 2 aliphatic rings. The standard InChI is InChI=1S/C15H24N4O2/c1-11-16-12(2)19(17-11)14-4-3-7-18(8-14)15(20)10-21-9-13-5-6-13/h13-14H,3-10H2,1-2H3. The Labute approximate surface area is 125 Å². The predicted octanol–water partition coefficient (Wildman–Crippen LogP) is 1.49. The number of nitrogens with zero attached hydrogens (tertiary/aromatic N) is 4. The van der Waals surface area contributed by atoms with Crippen LogP contribution in [0.1, 0.15) is 43.4 Å². The van der Waals surface area contributed by atoms with Crippen LogP contribution in [0.3, 0.4) is 0 Å². The first-order chi connectivity index (χ1) is 10.1. The van der Waals surface area contributed by atoms with Crippen LogP contribution in [0.4, 0.5) is 0 Å². The van der Waals surface area contributed by atoms with E-state index in [-0.39, 0.29) is 18.6 Å². The Bertz CT molecular complexity index is 510. The summed E-state index contributed by atoms with van der Waals surface area (Å²) in [6, 6.07) is 0.243. The number of aromatic nitrogens is 3. The zero-order valence-corrected chi connectivity index (χ0v) is 12.9. The molecule has 0 radical (unpaired) electrons. The van der Waals surface area contributed by atoms with Gasteiger partial charge in [0.15, 0.2) is 0 Å². The maximum absolute atomic E-state index is 12.2. The Hall–Kier alpha value is -1.43. The Kier molecular flexibility index (Phi) is 4.24. The number of likely N-dealkylation sites (tertiary alicyclic amines) is 1. The van der Waals surface area contributed by atoms with Crippen molar-refractivity contribution in [2.24, 2.45) is 5.92 Å². The number of amides is 1. The van der Waals surface area contributed by atoms with Gasteiger partial charge in [0, 0.05) is 13.1 Å². The van der Waals surface area contributed by atoms with Gasteiger partial charge in [-0.05, 0) is 45.4 Å². The van der Waals surface area contributed by atoms with Crippen molar-refractivity contribution < 1.29 is 9.53 Å². The molecule has 21 heavy (non-hydrogen) atoms. The number of carbonyl (C=O) groups excluding carboxylic acids is 1. The highest BCUT2D eigenvalue weighted by Gasteiger charge is 2.27. The lowest BCUT2D eigenvalue weighted by molar-refractivity contribution is -0.138. The number of hydrogen-bond donors (Lipinski definition) is 0. The summed E-state index contributed by atoms with van der Waals surface area (Å²) < 4.78 is 7.49. The molecule has 1 amide bonds. The van der Waals surface area contributed by atoms with Gasteiger partial charge in [-0.3, -0.25) is 4.79 Å². The fourth-order valence-electron chi connectivity index (χ4n) is 2.95. The summed E-state index contributed by atoms with van der Waals surface area (Å²) in [5, 5.41) is 4.46. The number of rotatable bonds is 5. The maximum atomic E-state index is 12.2. The van der Waals surface area contributed by atoms with E-state index < -0.39 is 0 Å². The monoisotopic (exact) mass is 292 g/mol. The van der Waals surface area contributed by atoms with Crippen LogP contribution in [0.25, 0.3) is 0 Å². The van der Waals surface area contributed by atoms with Gasteiger partial charge in [0.05, 0.1) is 12.6 Å². The van der Waals surface area contributed by atoms with E-state index in [9.17, 15) is 4.79 Å². The predicted molar refractivity (Wildman–Crippen MR) is 77.9 cm³/mol. The van der Waals surface area contributed by atoms with Gasteiger partial charge in [-0.1, -0.05) is 0 Å². The molecular weight excluding hydrogens is 268 g/mol. The van der Waals surface area contributed by atoms with Gasteiger partial charge < -0.3 is 9.64 Å². The molecule has 1 atom stereocenters. The van der Waals surface area contributed by atoms with Gasteiger partial charge in [-0.25, -0.2) is 9.67 Å². The molecule has 6 nitrogen and oxygen atoms in total. The lowest BCUT2D eigenvalue weighted by Gasteiger charge is -2.33. The molecule has 1 aromatic rings. The lowest BCUT2D eigenvalue weighted by atomic mass is 10.1. The third-order valence-corrected chi connectivity index (χ3v) is 4.28. The Morgan fingerprint density at radius 3 is 2.81 bits per heavy atom. The van der Waals surface area contributed by atoms with Crippen molar-refractivity contribution in [2.45, 2.75) is 45.6 Å². The van der Waals surface area contributed by atoms with Gasteiger partial charge in [-0.2, -0.15) is 5.10 Å². The first-order valence-electron chi connectivity index (χ1n) is 7.88. The summed E-state index contributed by atoms with van der Waals surface area (Å²) in [5.41, 5.74) is 0. The van der Waals surface area contributed by atoms with Crippen LogP contribution in [-0.4, -0.2) is 51.9 Å². The van der Waals surface area contributed by atoms with E-state index in [4.69, 9.17) is 4.74 Å². The quantitative estimate of drug-likeness (QED) is 0.825. The van der Waals surface area contributed by atoms with Crippen molar-refractivity contribution in [2.75, 3.05) is 26.3 Å². The van der Waals surface area contributed by atoms with Crippen molar-refractivity contribution >= 4 is 5.91 Å². The molecule has 0 N–H and O–H groups in total. The second kappa shape index (κ2) is 6.13. The van der Waals surface area contributed by atoms with Crippen molar-refractivity contribution in [1.29, 1.82) is 0 Å². The van der Waals surface area contributed by atoms with Crippen LogP contribution < -0.4 is 0 Å². The normalized spacial score (nSPS) is 22.6. The van der Waals surface area contributed by atoms with Crippen molar-refractivity contribution in [3.8, 4) is 0 Å². The minimum Gasteiger partial charge on any atom is -0.371 e. The molecule has 116 valence electrons. The topological polar surface area (TPSA) is 60.2 Å². The highest BCUT2D eigenvalue weighted by molar-refractivity contribution is 5.77. The van der Waals surface area contributed by atoms with Crippen molar-refractivity contribution in [3.63, 3.8) is 0 Å². The summed E-state index contributed by atoms with van der Waals surface area (Å²) in [6.07, 6.45) is 4.57. The molecule has 1 aliphatic carbocycles. The Balaban J connectivity index is 1.54. The van der Waals surface area contributed by atoms with E-state index in [1.54, 1.807) is 0 Å². The highest BCUT2D eigenvalue weighted by atomic mass is 16.5. The number of aryl methyl sites for hydroxylation is 2. The van der Waals surface area contributed by atoms with Crippen LogP contribution in [-0.2, 0) is 9.53 Å². The smallest absolute Gasteiger partial charge is 0.248 e. The molecule has 0 spiro atoms. The largest absolute Gasteiger partial charge is 0.371 e. The second-order valence-corrected chi connectivity index (χ2v) is 6.25. The van der Waals surface area contributed by atoms with E-state index in [0.29, 0.717) is 5.92 Å². The third-order valence-electron chi connectivity index (χ3n) is 4.28. The van der Waals surface area contributed by atoms with Crippen LogP contribution in [0.2, 0.25) is 0 Å². The minimum atomic E-state index is 0.106. The molecule has 1 saturated carbocycles. The summed E-state index contributed by atoms with van der Waals surface area (Å²) in [7, 11) is 0. The molecule has 0 bridgehead atoms. The molecular formula is C15H24N4O2. The zero-order valence-electron chi connectivity index (χ0n) is 12.9. The van der Waals surface area contributed by atoms with Crippen molar-refractivity contribution in [3.05, 3.63) is 11.6 Å². The lowest BCUT2D eigenvalue weighted by Crippen LogP contribution is -2.42. The fraction of sp³-hybridized carbons (Fsp3) is 0.800. The second-order valence-electron chi connectivity index (χ2n) is 6.25. The fourth-order valence-corrected chi connectivity index (χ4v) is 2.95. The third kappa shape index (κ3) is 3.61. The van der Waals surface area contributed by atoms with Crippen LogP contribution in [0.15, 0.2) is 0 Å². The average Bonchev–Trinajstić information content (AvgIpc) is 3.23. The van der Waals surface area contributed by atoms with E-state index in [0.717, 1.165) is 44.2 Å². The summed E-state index contributed by atoms with van der Waals surface area (Å²) in [4.78, 5) is 18.5. The van der Waals surface area contributed by atoms with E-state index in [1.807, 2.05) is 23.4 Å². The van der Waals surface area contributed by atoms with Crippen LogP contribution in [0.5, 0.6) is 0 Å². The van der Waals surface area contributed by atoms with Crippen LogP contribution in [0, 0.1) is 19.8 Å². The molecule has 1 aromatic heterocycles. The van der Waals surface area contributed by atoms with Gasteiger partial charge in [-0.15, -0.1) is 0 Å². The molecule has 3 rings (SSSR count). The number of carbonyl (C=O) groups is 1. The zero-order chi connectivity index (χ0) is 14.8. The number of hydrogen-bond acceptors (Lipinski definition) is 4. The first kappa shape index (κ1) is 14.5. The molecule has 1 unspecified atom stereocenters. The molecule has 0 aromatic carbocycles. The van der Waals surface area contributed by atoms with Gasteiger partial charge in [0.1, 0.15) is 18.3 Å². The summed E-state index contributed by atoms with van der Waals surface area (Å²) in [5.74, 6) is 2.53.